The molecule has 2 heterocycles. The van der Waals surface area contributed by atoms with Crippen LogP contribution in [0.2, 0.25) is 0 Å². The number of carbonyl (C=O) groups excluding carboxylic acids is 1. The summed E-state index contributed by atoms with van der Waals surface area (Å²) in [5.74, 6) is 1.31. The second-order valence-electron chi connectivity index (χ2n) is 4.14. The second kappa shape index (κ2) is 5.18. The largest absolute Gasteiger partial charge is 0.444 e. The zero-order chi connectivity index (χ0) is 12.3. The van der Waals surface area contributed by atoms with E-state index in [0.717, 1.165) is 17.9 Å². The van der Waals surface area contributed by atoms with Gasteiger partial charge in [0.25, 0.3) is 0 Å². The Morgan fingerprint density at radius 2 is 2.35 bits per heavy atom. The molecule has 1 atom stereocenters. The van der Waals surface area contributed by atoms with Gasteiger partial charge in [0, 0.05) is 6.61 Å². The summed E-state index contributed by atoms with van der Waals surface area (Å²) in [6.07, 6.45) is 0.866. The van der Waals surface area contributed by atoms with Gasteiger partial charge < -0.3 is 19.8 Å². The van der Waals surface area contributed by atoms with Crippen LogP contribution in [0.3, 0.4) is 0 Å². The summed E-state index contributed by atoms with van der Waals surface area (Å²) < 4.78 is 10.5. The molecule has 0 spiro atoms. The Bertz CT molecular complexity index is 377. The molecule has 6 nitrogen and oxygen atoms in total. The first-order valence-electron chi connectivity index (χ1n) is 5.70. The van der Waals surface area contributed by atoms with Crippen LogP contribution in [0.25, 0.3) is 0 Å². The van der Waals surface area contributed by atoms with Crippen LogP contribution in [0.5, 0.6) is 0 Å². The van der Waals surface area contributed by atoms with Crippen LogP contribution in [-0.2, 0) is 11.3 Å². The number of rotatable bonds is 3. The zero-order valence-electron chi connectivity index (χ0n) is 10.1. The van der Waals surface area contributed by atoms with Gasteiger partial charge >= 0.3 is 6.03 Å². The van der Waals surface area contributed by atoms with Crippen LogP contribution in [0, 0.1) is 13.8 Å². The highest BCUT2D eigenvalue weighted by atomic mass is 16.5. The molecule has 1 aromatic heterocycles. The molecule has 1 unspecified atom stereocenters. The first-order valence-corrected chi connectivity index (χ1v) is 5.70. The van der Waals surface area contributed by atoms with Crippen molar-refractivity contribution in [1.82, 2.24) is 15.6 Å². The van der Waals surface area contributed by atoms with Gasteiger partial charge in [0.05, 0.1) is 24.9 Å². The van der Waals surface area contributed by atoms with Crippen molar-refractivity contribution in [3.63, 3.8) is 0 Å². The Kier molecular flexibility index (Phi) is 3.63. The number of amides is 2. The first kappa shape index (κ1) is 11.9. The maximum Gasteiger partial charge on any atom is 0.315 e. The van der Waals surface area contributed by atoms with E-state index in [0.29, 0.717) is 25.6 Å². The van der Waals surface area contributed by atoms with Gasteiger partial charge in [-0.25, -0.2) is 9.78 Å². The van der Waals surface area contributed by atoms with Crippen LogP contribution in [0.15, 0.2) is 4.42 Å². The highest BCUT2D eigenvalue weighted by Gasteiger charge is 2.17. The monoisotopic (exact) mass is 239 g/mol. The molecule has 0 aliphatic carbocycles. The quantitative estimate of drug-likeness (QED) is 0.821. The molecular formula is C11H17N3O3. The standard InChI is InChI=1S/C11H17N3O3/c1-7-8(2)17-10(13-7)5-12-11(15)14-9-3-4-16-6-9/h9H,3-6H2,1-2H3,(H2,12,14,15). The third-order valence-corrected chi connectivity index (χ3v) is 2.74. The number of oxazole rings is 1. The molecule has 2 amide bonds. The first-order chi connectivity index (χ1) is 8.15. The molecule has 0 saturated carbocycles. The summed E-state index contributed by atoms with van der Waals surface area (Å²) in [5.41, 5.74) is 0.853. The predicted molar refractivity (Wildman–Crippen MR) is 60.6 cm³/mol. The molecule has 6 heteroatoms. The number of nitrogens with zero attached hydrogens (tertiary/aromatic N) is 1. The molecule has 0 aromatic carbocycles. The van der Waals surface area contributed by atoms with Crippen molar-refractivity contribution in [3.05, 3.63) is 17.3 Å². The number of ether oxygens (including phenoxy) is 1. The molecule has 94 valence electrons. The molecule has 1 aromatic rings. The van der Waals surface area contributed by atoms with Gasteiger partial charge in [-0.2, -0.15) is 0 Å². The van der Waals surface area contributed by atoms with Crippen LogP contribution in [0.4, 0.5) is 4.79 Å². The predicted octanol–water partition coefficient (Wildman–Crippen LogP) is 0.880. The van der Waals surface area contributed by atoms with Gasteiger partial charge in [-0.15, -0.1) is 0 Å². The van der Waals surface area contributed by atoms with Crippen LogP contribution < -0.4 is 10.6 Å². The third-order valence-electron chi connectivity index (χ3n) is 2.74. The van der Waals surface area contributed by atoms with Gasteiger partial charge in [0.15, 0.2) is 0 Å². The van der Waals surface area contributed by atoms with E-state index in [2.05, 4.69) is 15.6 Å². The zero-order valence-corrected chi connectivity index (χ0v) is 10.1. The van der Waals surface area contributed by atoms with E-state index >= 15 is 0 Å². The van der Waals surface area contributed by atoms with E-state index in [4.69, 9.17) is 9.15 Å². The molecular weight excluding hydrogens is 222 g/mol. The maximum absolute atomic E-state index is 11.5. The third kappa shape index (κ3) is 3.20. The Morgan fingerprint density at radius 3 is 2.94 bits per heavy atom. The molecule has 1 fully saturated rings. The fourth-order valence-corrected chi connectivity index (χ4v) is 1.66. The van der Waals surface area contributed by atoms with Crippen LogP contribution in [0.1, 0.15) is 23.8 Å². The van der Waals surface area contributed by atoms with Gasteiger partial charge in [-0.05, 0) is 20.3 Å². The number of hydrogen-bond acceptors (Lipinski definition) is 4. The molecule has 0 bridgehead atoms. The fraction of sp³-hybridized carbons (Fsp3) is 0.636. The summed E-state index contributed by atoms with van der Waals surface area (Å²) in [5, 5.41) is 5.53. The lowest BCUT2D eigenvalue weighted by molar-refractivity contribution is 0.188. The molecule has 2 N–H and O–H groups in total. The summed E-state index contributed by atoms with van der Waals surface area (Å²) in [7, 11) is 0. The molecule has 17 heavy (non-hydrogen) atoms. The Balaban J connectivity index is 1.75. The average molecular weight is 239 g/mol. The average Bonchev–Trinajstić information content (AvgIpc) is 2.87. The van der Waals surface area contributed by atoms with E-state index in [1.165, 1.54) is 0 Å². The minimum Gasteiger partial charge on any atom is -0.444 e. The van der Waals surface area contributed by atoms with E-state index in [9.17, 15) is 4.79 Å². The van der Waals surface area contributed by atoms with Crippen LogP contribution in [-0.4, -0.2) is 30.3 Å². The van der Waals surface area contributed by atoms with Gasteiger partial charge in [0.2, 0.25) is 5.89 Å². The van der Waals surface area contributed by atoms with Crippen LogP contribution >= 0.6 is 0 Å². The van der Waals surface area contributed by atoms with Crippen molar-refractivity contribution in [2.24, 2.45) is 0 Å². The van der Waals surface area contributed by atoms with E-state index in [1.54, 1.807) is 0 Å². The lowest BCUT2D eigenvalue weighted by atomic mass is 10.3. The number of aromatic nitrogens is 1. The minimum atomic E-state index is -0.214. The second-order valence-corrected chi connectivity index (χ2v) is 4.14. The van der Waals surface area contributed by atoms with Crippen molar-refractivity contribution < 1.29 is 13.9 Å². The summed E-state index contributed by atoms with van der Waals surface area (Å²) in [6.45, 7) is 5.32. The van der Waals surface area contributed by atoms with Crippen molar-refractivity contribution >= 4 is 6.03 Å². The smallest absolute Gasteiger partial charge is 0.315 e. The number of hydrogen-bond donors (Lipinski definition) is 2. The molecule has 2 rings (SSSR count). The highest BCUT2D eigenvalue weighted by molar-refractivity contribution is 5.74. The van der Waals surface area contributed by atoms with E-state index < -0.39 is 0 Å². The van der Waals surface area contributed by atoms with Gasteiger partial charge in [-0.3, -0.25) is 0 Å². The van der Waals surface area contributed by atoms with Crippen molar-refractivity contribution in [1.29, 1.82) is 0 Å². The number of carbonyl (C=O) groups is 1. The number of aryl methyl sites for hydroxylation is 2. The minimum absolute atomic E-state index is 0.114. The lowest BCUT2D eigenvalue weighted by Crippen LogP contribution is -2.42. The Hall–Kier alpha value is -1.56. The molecule has 1 saturated heterocycles. The van der Waals surface area contributed by atoms with Gasteiger partial charge in [-0.1, -0.05) is 0 Å². The van der Waals surface area contributed by atoms with E-state index in [1.807, 2.05) is 13.8 Å². The van der Waals surface area contributed by atoms with Crippen molar-refractivity contribution in [2.75, 3.05) is 13.2 Å². The van der Waals surface area contributed by atoms with E-state index in [-0.39, 0.29) is 12.1 Å². The summed E-state index contributed by atoms with van der Waals surface area (Å²) in [6, 6.07) is -0.1000. The topological polar surface area (TPSA) is 76.4 Å². The number of nitrogens with one attached hydrogen (secondary N) is 2. The molecule has 1 aliphatic rings. The highest BCUT2D eigenvalue weighted by Crippen LogP contribution is 2.07. The normalized spacial score (nSPS) is 19.3. The van der Waals surface area contributed by atoms with Crippen molar-refractivity contribution in [2.45, 2.75) is 32.9 Å². The summed E-state index contributed by atoms with van der Waals surface area (Å²) >= 11 is 0. The lowest BCUT2D eigenvalue weighted by Gasteiger charge is -2.10. The Labute approximate surface area is 99.7 Å². The SMILES string of the molecule is Cc1nc(CNC(=O)NC2CCOC2)oc1C. The Morgan fingerprint density at radius 1 is 1.53 bits per heavy atom. The maximum atomic E-state index is 11.5. The van der Waals surface area contributed by atoms with Gasteiger partial charge in [0.1, 0.15) is 5.76 Å². The molecule has 1 aliphatic heterocycles. The summed E-state index contributed by atoms with van der Waals surface area (Å²) in [4.78, 5) is 15.7. The van der Waals surface area contributed by atoms with Crippen molar-refractivity contribution in [3.8, 4) is 0 Å². The fourth-order valence-electron chi connectivity index (χ4n) is 1.66. The molecule has 0 radical (unpaired) electrons. The number of urea groups is 1.